The molecular weight excluding hydrogens is 608 g/mol. The lowest BCUT2D eigenvalue weighted by Gasteiger charge is -2.36. The molecule has 0 bridgehead atoms. The Morgan fingerprint density at radius 1 is 1.00 bits per heavy atom. The molecule has 258 valence electrons. The van der Waals surface area contributed by atoms with Gasteiger partial charge < -0.3 is 30.9 Å². The summed E-state index contributed by atoms with van der Waals surface area (Å²) < 4.78 is 5.65. The normalized spacial score (nSPS) is 18.3. The summed E-state index contributed by atoms with van der Waals surface area (Å²) in [6.07, 6.45) is 6.52. The van der Waals surface area contributed by atoms with Gasteiger partial charge in [-0.3, -0.25) is 19.3 Å². The monoisotopic (exact) mass is 658 g/mol. The molecule has 4 N–H and O–H groups in total. The molecule has 3 aromatic rings. The van der Waals surface area contributed by atoms with Crippen molar-refractivity contribution in [1.29, 1.82) is 0 Å². The zero-order valence-corrected chi connectivity index (χ0v) is 29.1. The number of likely N-dealkylation sites (N-methyl/N-ethyl adjacent to an activating group) is 1. The number of aromatic nitrogens is 2. The number of benzene rings is 2. The van der Waals surface area contributed by atoms with Crippen molar-refractivity contribution in [2.75, 3.05) is 44.4 Å². The lowest BCUT2D eigenvalue weighted by Crippen LogP contribution is -2.59. The third kappa shape index (κ3) is 8.22. The van der Waals surface area contributed by atoms with Crippen molar-refractivity contribution < 1.29 is 19.1 Å². The van der Waals surface area contributed by atoms with Gasteiger partial charge in [0, 0.05) is 30.2 Å². The molecule has 0 spiro atoms. The maximum absolute atomic E-state index is 13.9. The summed E-state index contributed by atoms with van der Waals surface area (Å²) in [6, 6.07) is 10.00. The molecule has 2 aromatic carbocycles. The fourth-order valence-corrected chi connectivity index (χ4v) is 6.39. The highest BCUT2D eigenvalue weighted by atomic mass is 16.5. The highest BCUT2D eigenvalue weighted by Crippen LogP contribution is 2.34. The molecule has 12 heteroatoms. The minimum Gasteiger partial charge on any atom is -0.494 e. The van der Waals surface area contributed by atoms with Gasteiger partial charge in [0.1, 0.15) is 30.0 Å². The van der Waals surface area contributed by atoms with Gasteiger partial charge in [-0.15, -0.1) is 0 Å². The highest BCUT2D eigenvalue weighted by Gasteiger charge is 2.42. The van der Waals surface area contributed by atoms with E-state index in [1.165, 1.54) is 38.3 Å². The molecule has 2 aliphatic rings. The third-order valence-corrected chi connectivity index (χ3v) is 9.35. The van der Waals surface area contributed by atoms with Crippen LogP contribution in [0.5, 0.6) is 5.75 Å². The predicted octanol–water partition coefficient (Wildman–Crippen LogP) is 4.44. The predicted molar refractivity (Wildman–Crippen MR) is 188 cm³/mol. The Labute approximate surface area is 283 Å². The fraction of sp³-hybridized carbons (Fsp3) is 0.528. The van der Waals surface area contributed by atoms with Gasteiger partial charge in [-0.1, -0.05) is 39.3 Å². The summed E-state index contributed by atoms with van der Waals surface area (Å²) in [7, 11) is 3.23. The van der Waals surface area contributed by atoms with Gasteiger partial charge in [0.2, 0.25) is 17.7 Å². The Morgan fingerprint density at radius 3 is 2.40 bits per heavy atom. The van der Waals surface area contributed by atoms with E-state index >= 15 is 0 Å². The van der Waals surface area contributed by atoms with Gasteiger partial charge >= 0.3 is 0 Å². The molecule has 0 aliphatic carbocycles. The summed E-state index contributed by atoms with van der Waals surface area (Å²) in [6.45, 7) is 11.1. The minimum atomic E-state index is -0.797. The molecule has 3 heterocycles. The average molecular weight is 659 g/mol. The van der Waals surface area contributed by atoms with Crippen LogP contribution in [0, 0.1) is 5.41 Å². The van der Waals surface area contributed by atoms with Gasteiger partial charge in [0.25, 0.3) is 0 Å². The average Bonchev–Trinajstić information content (AvgIpc) is 3.58. The third-order valence-electron chi connectivity index (χ3n) is 9.35. The van der Waals surface area contributed by atoms with Crippen LogP contribution in [0.4, 0.5) is 17.2 Å². The first-order chi connectivity index (χ1) is 23.0. The van der Waals surface area contributed by atoms with Crippen LogP contribution in [-0.2, 0) is 20.9 Å². The molecule has 3 atom stereocenters. The van der Waals surface area contributed by atoms with Crippen molar-refractivity contribution in [3.05, 3.63) is 48.3 Å². The van der Waals surface area contributed by atoms with Gasteiger partial charge in [-0.05, 0) is 81.9 Å². The van der Waals surface area contributed by atoms with Gasteiger partial charge in [-0.2, -0.15) is 0 Å². The number of fused-ring (bicyclic) bond motifs is 1. The topological polar surface area (TPSA) is 141 Å². The quantitative estimate of drug-likeness (QED) is 0.235. The molecule has 2 aliphatic heterocycles. The summed E-state index contributed by atoms with van der Waals surface area (Å²) in [5.74, 6) is 0.172. The van der Waals surface area contributed by atoms with Crippen LogP contribution in [0.25, 0.3) is 10.9 Å². The van der Waals surface area contributed by atoms with E-state index < -0.39 is 23.5 Å². The largest absolute Gasteiger partial charge is 0.494 e. The molecule has 1 aromatic heterocycles. The van der Waals surface area contributed by atoms with Gasteiger partial charge in [-0.25, -0.2) is 9.97 Å². The van der Waals surface area contributed by atoms with Crippen LogP contribution in [0.15, 0.2) is 42.7 Å². The number of anilines is 3. The second-order valence-corrected chi connectivity index (χ2v) is 13.9. The van der Waals surface area contributed by atoms with Gasteiger partial charge in [0.05, 0.1) is 24.4 Å². The van der Waals surface area contributed by atoms with Crippen LogP contribution in [-0.4, -0.2) is 89.4 Å². The Morgan fingerprint density at radius 2 is 1.73 bits per heavy atom. The molecular formula is C36H50N8O4. The van der Waals surface area contributed by atoms with E-state index in [2.05, 4.69) is 60.4 Å². The second kappa shape index (κ2) is 15.3. The van der Waals surface area contributed by atoms with Crippen molar-refractivity contribution in [3.63, 3.8) is 0 Å². The number of piperidine rings is 1. The van der Waals surface area contributed by atoms with Crippen molar-refractivity contribution in [2.45, 2.75) is 84.5 Å². The van der Waals surface area contributed by atoms with E-state index in [4.69, 9.17) is 4.74 Å². The zero-order chi connectivity index (χ0) is 34.4. The first-order valence-corrected chi connectivity index (χ1v) is 17.0. The highest BCUT2D eigenvalue weighted by molar-refractivity contribution is 6.03. The molecule has 12 nitrogen and oxygen atoms in total. The van der Waals surface area contributed by atoms with Crippen molar-refractivity contribution >= 4 is 45.8 Å². The van der Waals surface area contributed by atoms with Crippen LogP contribution in [0.3, 0.4) is 0 Å². The molecule has 2 fully saturated rings. The van der Waals surface area contributed by atoms with Gasteiger partial charge in [0.15, 0.2) is 0 Å². The number of likely N-dealkylation sites (tertiary alicyclic amines) is 2. The van der Waals surface area contributed by atoms with Crippen LogP contribution in [0.2, 0.25) is 0 Å². The number of amides is 3. The maximum atomic E-state index is 13.9. The number of nitrogens with zero attached hydrogens (tertiary/aromatic N) is 4. The summed E-state index contributed by atoms with van der Waals surface area (Å²) in [5.41, 5.74) is 2.70. The fourth-order valence-electron chi connectivity index (χ4n) is 6.39. The Balaban J connectivity index is 1.34. The number of ether oxygens (including phenoxy) is 1. The summed E-state index contributed by atoms with van der Waals surface area (Å²) >= 11 is 0. The van der Waals surface area contributed by atoms with E-state index in [0.717, 1.165) is 25.3 Å². The van der Waals surface area contributed by atoms with E-state index in [-0.39, 0.29) is 17.7 Å². The number of carbonyl (C=O) groups is 3. The Kier molecular flexibility index (Phi) is 11.2. The van der Waals surface area contributed by atoms with Crippen LogP contribution < -0.4 is 26.0 Å². The first kappa shape index (κ1) is 35.0. The number of hydrogen-bond acceptors (Lipinski definition) is 9. The van der Waals surface area contributed by atoms with E-state index in [9.17, 15) is 14.4 Å². The molecule has 0 saturated carbocycles. The first-order valence-electron chi connectivity index (χ1n) is 17.0. The number of methoxy groups -OCH3 is 1. The van der Waals surface area contributed by atoms with E-state index in [0.29, 0.717) is 47.5 Å². The number of nitrogens with one attached hydrogen (secondary N) is 4. The minimum absolute atomic E-state index is 0.271. The standard InChI is InChI=1S/C36H50N8O4/c1-23(37-5)33(45)42-31(36(2,3)4)35(47)44-18-10-11-29(44)34(46)41-28-19-26-27(20-30(28)48-6)38-22-39-32(26)40-25-14-12-24(13-15-25)21-43-16-8-7-9-17-43/h12-15,19-20,22-23,29,31,37H,7-11,16-18,21H2,1-6H3,(H,41,46)(H,42,45)(H,38,39,40)/t23-,29?,31+/m0/s1. The number of carbonyl (C=O) groups excluding carboxylic acids is 3. The van der Waals surface area contributed by atoms with E-state index in [1.807, 2.05) is 20.8 Å². The lowest BCUT2D eigenvalue weighted by atomic mass is 9.85. The number of rotatable bonds is 11. The zero-order valence-electron chi connectivity index (χ0n) is 29.1. The van der Waals surface area contributed by atoms with Crippen molar-refractivity contribution in [3.8, 4) is 5.75 Å². The lowest BCUT2D eigenvalue weighted by molar-refractivity contribution is -0.143. The molecule has 0 radical (unpaired) electrons. The van der Waals surface area contributed by atoms with Crippen molar-refractivity contribution in [1.82, 2.24) is 30.4 Å². The molecule has 2 saturated heterocycles. The second-order valence-electron chi connectivity index (χ2n) is 13.9. The number of hydrogen-bond donors (Lipinski definition) is 4. The molecule has 48 heavy (non-hydrogen) atoms. The summed E-state index contributed by atoms with van der Waals surface area (Å²) in [5, 5.41) is 13.0. The molecule has 5 rings (SSSR count). The SMILES string of the molecule is CN[C@@H](C)C(=O)N[C@H](C(=O)N1CCCC1C(=O)Nc1cc2c(Nc3ccc(CN4CCCCC4)cc3)ncnc2cc1OC)C(C)(C)C. The molecule has 1 unspecified atom stereocenters. The summed E-state index contributed by atoms with van der Waals surface area (Å²) in [4.78, 5) is 53.5. The van der Waals surface area contributed by atoms with Crippen LogP contribution in [0.1, 0.15) is 65.4 Å². The smallest absolute Gasteiger partial charge is 0.247 e. The van der Waals surface area contributed by atoms with Crippen LogP contribution >= 0.6 is 0 Å². The van der Waals surface area contributed by atoms with Crippen molar-refractivity contribution in [2.24, 2.45) is 5.41 Å². The maximum Gasteiger partial charge on any atom is 0.247 e. The Bertz CT molecular complexity index is 1600. The van der Waals surface area contributed by atoms with E-state index in [1.54, 1.807) is 31.0 Å². The Hall–Kier alpha value is -4.29. The molecule has 3 amide bonds.